The Morgan fingerprint density at radius 2 is 1.92 bits per heavy atom. The van der Waals surface area contributed by atoms with Gasteiger partial charge in [-0.2, -0.15) is 0 Å². The normalized spacial score (nSPS) is 13.1. The Hall–Kier alpha value is -2.04. The molecule has 0 aliphatic rings. The standard InChI is InChI=1S/C20H24ClNO3/c1-3-19(14-24-13-16-8-7-11-18(21)12-16)25-20(23)22-15(2)17-9-5-4-6-10-17/h4-12,15,19H,3,13-14H2,1-2H3,(H,22,23)/t15-,19?/m0/s1. The number of amides is 1. The summed E-state index contributed by atoms with van der Waals surface area (Å²) in [5, 5.41) is 3.52. The first-order valence-corrected chi connectivity index (χ1v) is 8.80. The predicted octanol–water partition coefficient (Wildman–Crippen LogP) is 5.12. The SMILES string of the molecule is CCC(COCc1cccc(Cl)c1)OC(=O)N[C@@H](C)c1ccccc1. The molecule has 0 saturated heterocycles. The van der Waals surface area contributed by atoms with Crippen LogP contribution in [0.3, 0.4) is 0 Å². The van der Waals surface area contributed by atoms with Gasteiger partial charge in [0.15, 0.2) is 0 Å². The van der Waals surface area contributed by atoms with E-state index in [1.807, 2.05) is 68.4 Å². The quantitative estimate of drug-likeness (QED) is 0.709. The van der Waals surface area contributed by atoms with Crippen molar-refractivity contribution in [2.45, 2.75) is 39.0 Å². The van der Waals surface area contributed by atoms with Gasteiger partial charge < -0.3 is 14.8 Å². The first kappa shape index (κ1) is 19.3. The maximum atomic E-state index is 12.1. The van der Waals surface area contributed by atoms with E-state index in [2.05, 4.69) is 5.32 Å². The third-order valence-electron chi connectivity index (χ3n) is 3.82. The molecule has 0 aromatic heterocycles. The van der Waals surface area contributed by atoms with Crippen LogP contribution in [0.5, 0.6) is 0 Å². The number of nitrogens with one attached hydrogen (secondary N) is 1. The zero-order valence-corrected chi connectivity index (χ0v) is 15.3. The lowest BCUT2D eigenvalue weighted by Gasteiger charge is -2.19. The Morgan fingerprint density at radius 1 is 1.16 bits per heavy atom. The summed E-state index contributed by atoms with van der Waals surface area (Å²) in [6.07, 6.45) is -0.0420. The molecule has 0 fully saturated rings. The van der Waals surface area contributed by atoms with Crippen LogP contribution in [0.1, 0.15) is 37.4 Å². The van der Waals surface area contributed by atoms with Gasteiger partial charge in [-0.05, 0) is 36.6 Å². The number of halogens is 1. The summed E-state index contributed by atoms with van der Waals surface area (Å²) >= 11 is 5.95. The zero-order valence-electron chi connectivity index (χ0n) is 14.6. The van der Waals surface area contributed by atoms with Crippen molar-refractivity contribution in [3.05, 3.63) is 70.7 Å². The number of rotatable bonds is 8. The molecule has 1 unspecified atom stereocenters. The summed E-state index contributed by atoms with van der Waals surface area (Å²) in [6, 6.07) is 17.2. The smallest absolute Gasteiger partial charge is 0.407 e. The van der Waals surface area contributed by atoms with Crippen LogP contribution in [0.2, 0.25) is 5.02 Å². The van der Waals surface area contributed by atoms with E-state index in [9.17, 15) is 4.79 Å². The number of benzene rings is 2. The van der Waals surface area contributed by atoms with E-state index < -0.39 is 6.09 Å². The second kappa shape index (κ2) is 10.1. The van der Waals surface area contributed by atoms with Gasteiger partial charge in [-0.3, -0.25) is 0 Å². The number of alkyl carbamates (subject to hydrolysis) is 1. The summed E-state index contributed by atoms with van der Waals surface area (Å²) < 4.78 is 11.1. The molecule has 1 amide bonds. The molecule has 2 aromatic carbocycles. The van der Waals surface area contributed by atoms with Crippen LogP contribution < -0.4 is 5.32 Å². The topological polar surface area (TPSA) is 47.6 Å². The molecule has 0 spiro atoms. The van der Waals surface area contributed by atoms with Crippen molar-refractivity contribution in [3.63, 3.8) is 0 Å². The number of ether oxygens (including phenoxy) is 2. The van der Waals surface area contributed by atoms with Crippen molar-refractivity contribution in [1.29, 1.82) is 0 Å². The maximum Gasteiger partial charge on any atom is 0.407 e. The van der Waals surface area contributed by atoms with Crippen LogP contribution >= 0.6 is 11.6 Å². The highest BCUT2D eigenvalue weighted by atomic mass is 35.5. The van der Waals surface area contributed by atoms with Crippen LogP contribution in [-0.4, -0.2) is 18.8 Å². The van der Waals surface area contributed by atoms with Crippen molar-refractivity contribution in [1.82, 2.24) is 5.32 Å². The van der Waals surface area contributed by atoms with Crippen molar-refractivity contribution >= 4 is 17.7 Å². The summed E-state index contributed by atoms with van der Waals surface area (Å²) in [5.41, 5.74) is 2.02. The molecule has 25 heavy (non-hydrogen) atoms. The fraction of sp³-hybridized carbons (Fsp3) is 0.350. The molecule has 2 rings (SSSR count). The molecule has 2 atom stereocenters. The van der Waals surface area contributed by atoms with Gasteiger partial charge in [0, 0.05) is 5.02 Å². The van der Waals surface area contributed by atoms with E-state index in [-0.39, 0.29) is 12.1 Å². The summed E-state index contributed by atoms with van der Waals surface area (Å²) in [4.78, 5) is 12.1. The van der Waals surface area contributed by atoms with Gasteiger partial charge in [0.2, 0.25) is 0 Å². The molecule has 0 saturated carbocycles. The van der Waals surface area contributed by atoms with Gasteiger partial charge in [0.1, 0.15) is 6.10 Å². The van der Waals surface area contributed by atoms with Crippen LogP contribution in [-0.2, 0) is 16.1 Å². The third-order valence-corrected chi connectivity index (χ3v) is 4.06. The maximum absolute atomic E-state index is 12.1. The highest BCUT2D eigenvalue weighted by Gasteiger charge is 2.15. The molecule has 4 nitrogen and oxygen atoms in total. The average Bonchev–Trinajstić information content (AvgIpc) is 2.61. The van der Waals surface area contributed by atoms with Crippen LogP contribution in [0.15, 0.2) is 54.6 Å². The van der Waals surface area contributed by atoms with Gasteiger partial charge in [0.25, 0.3) is 0 Å². The summed E-state index contributed by atoms with van der Waals surface area (Å²) in [6.45, 7) is 4.66. The van der Waals surface area contributed by atoms with Gasteiger partial charge in [-0.25, -0.2) is 4.79 Å². The second-order valence-corrected chi connectivity index (χ2v) is 6.29. The van der Waals surface area contributed by atoms with Crippen molar-refractivity contribution < 1.29 is 14.3 Å². The van der Waals surface area contributed by atoms with Crippen molar-refractivity contribution in [2.24, 2.45) is 0 Å². The Balaban J connectivity index is 1.75. The predicted molar refractivity (Wildman–Crippen MR) is 99.7 cm³/mol. The first-order chi connectivity index (χ1) is 12.1. The van der Waals surface area contributed by atoms with E-state index in [0.717, 1.165) is 11.1 Å². The lowest BCUT2D eigenvalue weighted by Crippen LogP contribution is -2.32. The van der Waals surface area contributed by atoms with Crippen LogP contribution in [0.4, 0.5) is 4.79 Å². The second-order valence-electron chi connectivity index (χ2n) is 5.86. The first-order valence-electron chi connectivity index (χ1n) is 8.42. The molecule has 134 valence electrons. The van der Waals surface area contributed by atoms with Gasteiger partial charge in [-0.15, -0.1) is 0 Å². The van der Waals surface area contributed by atoms with E-state index in [4.69, 9.17) is 21.1 Å². The monoisotopic (exact) mass is 361 g/mol. The molecular formula is C20H24ClNO3. The molecular weight excluding hydrogens is 338 g/mol. The minimum Gasteiger partial charge on any atom is -0.444 e. The lowest BCUT2D eigenvalue weighted by molar-refractivity contribution is 0.0111. The minimum atomic E-state index is -0.436. The Labute approximate surface area is 154 Å². The van der Waals surface area contributed by atoms with Gasteiger partial charge >= 0.3 is 6.09 Å². The average molecular weight is 362 g/mol. The highest BCUT2D eigenvalue weighted by molar-refractivity contribution is 6.30. The Kier molecular flexibility index (Phi) is 7.76. The fourth-order valence-electron chi connectivity index (χ4n) is 2.36. The molecule has 0 aliphatic heterocycles. The van der Waals surface area contributed by atoms with Crippen molar-refractivity contribution in [3.8, 4) is 0 Å². The van der Waals surface area contributed by atoms with Gasteiger partial charge in [0.05, 0.1) is 19.3 Å². The largest absolute Gasteiger partial charge is 0.444 e. The van der Waals surface area contributed by atoms with E-state index in [0.29, 0.717) is 24.7 Å². The van der Waals surface area contributed by atoms with E-state index in [1.165, 1.54) is 0 Å². The molecule has 0 bridgehead atoms. The molecule has 5 heteroatoms. The number of carbonyl (C=O) groups excluding carboxylic acids is 1. The van der Waals surface area contributed by atoms with Gasteiger partial charge in [-0.1, -0.05) is 61.0 Å². The lowest BCUT2D eigenvalue weighted by atomic mass is 10.1. The van der Waals surface area contributed by atoms with Crippen molar-refractivity contribution in [2.75, 3.05) is 6.61 Å². The molecule has 0 radical (unpaired) electrons. The Morgan fingerprint density at radius 3 is 2.60 bits per heavy atom. The van der Waals surface area contributed by atoms with E-state index >= 15 is 0 Å². The van der Waals surface area contributed by atoms with Crippen LogP contribution in [0.25, 0.3) is 0 Å². The Bertz CT molecular complexity index is 663. The minimum absolute atomic E-state index is 0.112. The number of hydrogen-bond donors (Lipinski definition) is 1. The van der Waals surface area contributed by atoms with E-state index in [1.54, 1.807) is 0 Å². The third kappa shape index (κ3) is 6.77. The molecule has 0 heterocycles. The summed E-state index contributed by atoms with van der Waals surface area (Å²) in [5.74, 6) is 0. The number of hydrogen-bond acceptors (Lipinski definition) is 3. The fourth-order valence-corrected chi connectivity index (χ4v) is 2.57. The molecule has 1 N–H and O–H groups in total. The van der Waals surface area contributed by atoms with Crippen LogP contribution in [0, 0.1) is 0 Å². The number of carbonyl (C=O) groups is 1. The summed E-state index contributed by atoms with van der Waals surface area (Å²) in [7, 11) is 0. The molecule has 2 aromatic rings. The molecule has 0 aliphatic carbocycles. The highest BCUT2D eigenvalue weighted by Crippen LogP contribution is 2.13. The zero-order chi connectivity index (χ0) is 18.1.